The van der Waals surface area contributed by atoms with Gasteiger partial charge >= 0.3 is 5.97 Å². The SMILES string of the molecule is CCOC(=O)Cn1c(=NC(=O)Cc2ccc(C)cc2C)sc2cc(F)ccc21. The van der Waals surface area contributed by atoms with Crippen LogP contribution >= 0.6 is 11.3 Å². The number of carbonyl (C=O) groups excluding carboxylic acids is 2. The van der Waals surface area contributed by atoms with E-state index in [1.165, 1.54) is 23.5 Å². The summed E-state index contributed by atoms with van der Waals surface area (Å²) in [7, 11) is 0. The fourth-order valence-electron chi connectivity index (χ4n) is 2.97. The van der Waals surface area contributed by atoms with E-state index in [4.69, 9.17) is 4.74 Å². The molecule has 1 amide bonds. The average Bonchev–Trinajstić information content (AvgIpc) is 2.93. The largest absolute Gasteiger partial charge is 0.465 e. The molecule has 0 aliphatic rings. The second kappa shape index (κ2) is 8.48. The lowest BCUT2D eigenvalue weighted by atomic mass is 10.0. The van der Waals surface area contributed by atoms with Gasteiger partial charge in [-0.2, -0.15) is 4.99 Å². The molecular weight excluding hydrogens is 379 g/mol. The maximum absolute atomic E-state index is 13.6. The van der Waals surface area contributed by atoms with E-state index in [1.807, 2.05) is 32.0 Å². The Balaban J connectivity index is 1.99. The highest BCUT2D eigenvalue weighted by Gasteiger charge is 2.13. The predicted molar refractivity (Wildman–Crippen MR) is 107 cm³/mol. The van der Waals surface area contributed by atoms with Crippen molar-refractivity contribution in [3.63, 3.8) is 0 Å². The molecule has 3 aromatic rings. The fraction of sp³-hybridized carbons (Fsp3) is 0.286. The molecule has 2 aromatic carbocycles. The lowest BCUT2D eigenvalue weighted by Crippen LogP contribution is -2.23. The molecule has 1 aromatic heterocycles. The minimum Gasteiger partial charge on any atom is -0.465 e. The zero-order chi connectivity index (χ0) is 20.3. The van der Waals surface area contributed by atoms with Gasteiger partial charge < -0.3 is 9.30 Å². The van der Waals surface area contributed by atoms with Gasteiger partial charge in [0, 0.05) is 0 Å². The molecule has 0 aliphatic carbocycles. The van der Waals surface area contributed by atoms with Gasteiger partial charge in [-0.3, -0.25) is 9.59 Å². The smallest absolute Gasteiger partial charge is 0.326 e. The first kappa shape index (κ1) is 19.9. The zero-order valence-electron chi connectivity index (χ0n) is 16.0. The maximum Gasteiger partial charge on any atom is 0.326 e. The number of carbonyl (C=O) groups is 2. The topological polar surface area (TPSA) is 60.7 Å². The van der Waals surface area contributed by atoms with Gasteiger partial charge in [0.15, 0.2) is 4.80 Å². The molecule has 3 rings (SSSR count). The van der Waals surface area contributed by atoms with Gasteiger partial charge in [0.05, 0.1) is 23.2 Å². The Morgan fingerprint density at radius 1 is 1.18 bits per heavy atom. The van der Waals surface area contributed by atoms with Gasteiger partial charge in [-0.05, 0) is 50.1 Å². The predicted octanol–water partition coefficient (Wildman–Crippen LogP) is 3.69. The van der Waals surface area contributed by atoms with E-state index in [0.29, 0.717) is 15.0 Å². The van der Waals surface area contributed by atoms with Crippen LogP contribution in [0.25, 0.3) is 10.2 Å². The molecule has 0 unspecified atom stereocenters. The third kappa shape index (κ3) is 4.54. The van der Waals surface area contributed by atoms with Crippen LogP contribution in [0.3, 0.4) is 0 Å². The summed E-state index contributed by atoms with van der Waals surface area (Å²) in [5.41, 5.74) is 3.70. The van der Waals surface area contributed by atoms with E-state index in [-0.39, 0.29) is 31.3 Å². The van der Waals surface area contributed by atoms with Crippen molar-refractivity contribution in [2.75, 3.05) is 6.61 Å². The number of hydrogen-bond donors (Lipinski definition) is 0. The summed E-state index contributed by atoms with van der Waals surface area (Å²) in [5.74, 6) is -1.14. The van der Waals surface area contributed by atoms with Crippen molar-refractivity contribution >= 4 is 33.4 Å². The molecule has 7 heteroatoms. The highest BCUT2D eigenvalue weighted by Crippen LogP contribution is 2.19. The molecule has 0 N–H and O–H groups in total. The van der Waals surface area contributed by atoms with Crippen molar-refractivity contribution in [2.45, 2.75) is 33.7 Å². The lowest BCUT2D eigenvalue weighted by Gasteiger charge is -2.06. The molecule has 0 radical (unpaired) electrons. The first-order chi connectivity index (χ1) is 13.4. The van der Waals surface area contributed by atoms with Crippen LogP contribution < -0.4 is 4.80 Å². The number of aromatic nitrogens is 1. The summed E-state index contributed by atoms with van der Waals surface area (Å²) in [5, 5.41) is 0. The Morgan fingerprint density at radius 3 is 2.68 bits per heavy atom. The van der Waals surface area contributed by atoms with Gasteiger partial charge in [-0.25, -0.2) is 4.39 Å². The number of amides is 1. The summed E-state index contributed by atoms with van der Waals surface area (Å²) in [6.07, 6.45) is 0.161. The molecule has 0 saturated heterocycles. The van der Waals surface area contributed by atoms with E-state index >= 15 is 0 Å². The van der Waals surface area contributed by atoms with E-state index < -0.39 is 5.97 Å². The number of rotatable bonds is 5. The van der Waals surface area contributed by atoms with Crippen LogP contribution in [0, 0.1) is 19.7 Å². The van der Waals surface area contributed by atoms with Crippen LogP contribution in [0.4, 0.5) is 4.39 Å². The highest BCUT2D eigenvalue weighted by atomic mass is 32.1. The molecule has 0 fully saturated rings. The Bertz CT molecular complexity index is 1110. The first-order valence-corrected chi connectivity index (χ1v) is 9.77. The van der Waals surface area contributed by atoms with Crippen molar-refractivity contribution in [3.05, 3.63) is 63.7 Å². The van der Waals surface area contributed by atoms with Crippen molar-refractivity contribution in [1.29, 1.82) is 0 Å². The average molecular weight is 400 g/mol. The van der Waals surface area contributed by atoms with Crippen molar-refractivity contribution in [3.8, 4) is 0 Å². The molecule has 0 spiro atoms. The molecule has 0 atom stereocenters. The highest BCUT2D eigenvalue weighted by molar-refractivity contribution is 7.16. The number of fused-ring (bicyclic) bond motifs is 1. The molecular formula is C21H21FN2O3S. The molecule has 28 heavy (non-hydrogen) atoms. The molecule has 0 bridgehead atoms. The van der Waals surface area contributed by atoms with Gasteiger partial charge in [0.25, 0.3) is 5.91 Å². The van der Waals surface area contributed by atoms with Gasteiger partial charge in [0.2, 0.25) is 0 Å². The van der Waals surface area contributed by atoms with Crippen LogP contribution in [0.1, 0.15) is 23.6 Å². The number of esters is 1. The Kier molecular flexibility index (Phi) is 6.04. The number of aryl methyl sites for hydroxylation is 2. The molecule has 146 valence electrons. The van der Waals surface area contributed by atoms with Gasteiger partial charge in [-0.15, -0.1) is 0 Å². The molecule has 5 nitrogen and oxygen atoms in total. The normalized spacial score (nSPS) is 11.8. The van der Waals surface area contributed by atoms with Crippen LogP contribution in [0.2, 0.25) is 0 Å². The second-order valence-corrected chi connectivity index (χ2v) is 7.51. The first-order valence-electron chi connectivity index (χ1n) is 8.95. The monoisotopic (exact) mass is 400 g/mol. The summed E-state index contributed by atoms with van der Waals surface area (Å²) < 4.78 is 20.8. The second-order valence-electron chi connectivity index (χ2n) is 6.50. The third-order valence-corrected chi connectivity index (χ3v) is 5.34. The van der Waals surface area contributed by atoms with E-state index in [9.17, 15) is 14.0 Å². The van der Waals surface area contributed by atoms with Crippen molar-refractivity contribution in [2.24, 2.45) is 4.99 Å². The quantitative estimate of drug-likeness (QED) is 0.614. The van der Waals surface area contributed by atoms with E-state index in [1.54, 1.807) is 17.6 Å². The summed E-state index contributed by atoms with van der Waals surface area (Å²) in [6, 6.07) is 10.2. The number of halogens is 1. The maximum atomic E-state index is 13.6. The molecule has 0 aliphatic heterocycles. The minimum atomic E-state index is -0.435. The third-order valence-electron chi connectivity index (χ3n) is 4.30. The zero-order valence-corrected chi connectivity index (χ0v) is 16.8. The summed E-state index contributed by atoms with van der Waals surface area (Å²) >= 11 is 1.17. The van der Waals surface area contributed by atoms with Gasteiger partial charge in [-0.1, -0.05) is 35.1 Å². The lowest BCUT2D eigenvalue weighted by molar-refractivity contribution is -0.143. The molecule has 1 heterocycles. The van der Waals surface area contributed by atoms with Crippen LogP contribution in [-0.2, 0) is 27.3 Å². The fourth-order valence-corrected chi connectivity index (χ4v) is 4.05. The number of hydrogen-bond acceptors (Lipinski definition) is 4. The number of benzene rings is 2. The summed E-state index contributed by atoms with van der Waals surface area (Å²) in [6.45, 7) is 5.85. The van der Waals surface area contributed by atoms with Crippen LogP contribution in [-0.4, -0.2) is 23.1 Å². The Morgan fingerprint density at radius 2 is 1.96 bits per heavy atom. The number of thiazole rings is 1. The number of nitrogens with zero attached hydrogens (tertiary/aromatic N) is 2. The van der Waals surface area contributed by atoms with Gasteiger partial charge in [0.1, 0.15) is 12.4 Å². The van der Waals surface area contributed by atoms with E-state index in [0.717, 1.165) is 16.7 Å². The van der Waals surface area contributed by atoms with Crippen molar-refractivity contribution in [1.82, 2.24) is 4.57 Å². The van der Waals surface area contributed by atoms with Crippen molar-refractivity contribution < 1.29 is 18.7 Å². The van der Waals surface area contributed by atoms with Crippen LogP contribution in [0.5, 0.6) is 0 Å². The molecule has 0 saturated carbocycles. The Hall–Kier alpha value is -2.80. The summed E-state index contributed by atoms with van der Waals surface area (Å²) in [4.78, 5) is 29.1. The Labute approximate surface area is 166 Å². The van der Waals surface area contributed by atoms with E-state index in [2.05, 4.69) is 4.99 Å². The van der Waals surface area contributed by atoms with Crippen LogP contribution in [0.15, 0.2) is 41.4 Å². The number of ether oxygens (including phenoxy) is 1. The minimum absolute atomic E-state index is 0.0881. The standard InChI is InChI=1S/C21H21FN2O3S/c1-4-27-20(26)12-24-17-8-7-16(22)11-18(17)28-21(24)23-19(25)10-15-6-5-13(2)9-14(15)3/h5-9,11H,4,10,12H2,1-3H3.